The Bertz CT molecular complexity index is 625. The molecule has 0 saturated heterocycles. The van der Waals surface area contributed by atoms with Crippen LogP contribution in [0.4, 0.5) is 4.79 Å². The summed E-state index contributed by atoms with van der Waals surface area (Å²) in [6.07, 6.45) is 5.05. The van der Waals surface area contributed by atoms with Crippen LogP contribution in [0.1, 0.15) is 50.1 Å². The number of carboxylic acid groups (broad SMARTS) is 1. The molecule has 0 bridgehead atoms. The molecule has 1 spiro atoms. The maximum absolute atomic E-state index is 12.4. The summed E-state index contributed by atoms with van der Waals surface area (Å²) in [6, 6.07) is 7.49. The van der Waals surface area contributed by atoms with E-state index in [2.05, 4.69) is 5.32 Å². The van der Waals surface area contributed by atoms with Crippen molar-refractivity contribution in [2.75, 3.05) is 13.6 Å². The molecule has 0 radical (unpaired) electrons. The summed E-state index contributed by atoms with van der Waals surface area (Å²) in [5.74, 6) is -0.0555. The van der Waals surface area contributed by atoms with Crippen LogP contribution >= 0.6 is 0 Å². The number of benzene rings is 1. The Morgan fingerprint density at radius 2 is 2.04 bits per heavy atom. The number of urea groups is 1. The topological polar surface area (TPSA) is 78.9 Å². The van der Waals surface area contributed by atoms with Crippen molar-refractivity contribution in [2.24, 2.45) is 0 Å². The third-order valence-electron chi connectivity index (χ3n) is 5.02. The Morgan fingerprint density at radius 1 is 1.33 bits per heavy atom. The highest BCUT2D eigenvalue weighted by Gasteiger charge is 2.43. The first kappa shape index (κ1) is 16.6. The second kappa shape index (κ2) is 6.71. The van der Waals surface area contributed by atoms with Gasteiger partial charge in [0.05, 0.1) is 12.5 Å². The number of carboxylic acids is 1. The lowest BCUT2D eigenvalue weighted by molar-refractivity contribution is -0.137. The van der Waals surface area contributed by atoms with E-state index in [1.807, 2.05) is 24.3 Å². The van der Waals surface area contributed by atoms with Gasteiger partial charge in [-0.15, -0.1) is 0 Å². The molecule has 1 aromatic rings. The number of nitrogens with zero attached hydrogens (tertiary/aromatic N) is 1. The predicted molar refractivity (Wildman–Crippen MR) is 89.0 cm³/mol. The molecule has 2 N–H and O–H groups in total. The van der Waals surface area contributed by atoms with Crippen molar-refractivity contribution in [2.45, 2.75) is 50.2 Å². The van der Waals surface area contributed by atoms with Crippen LogP contribution in [0.2, 0.25) is 0 Å². The third-order valence-corrected chi connectivity index (χ3v) is 5.02. The molecule has 0 aromatic heterocycles. The molecule has 1 atom stereocenters. The molecule has 1 aliphatic heterocycles. The van der Waals surface area contributed by atoms with Crippen molar-refractivity contribution >= 4 is 12.0 Å². The summed E-state index contributed by atoms with van der Waals surface area (Å²) >= 11 is 0. The van der Waals surface area contributed by atoms with Gasteiger partial charge in [0.15, 0.2) is 0 Å². The standard InChI is InChI=1S/C18H24N2O4/c1-20(11-8-16(21)22)17(23)19-14-12-18(9-4-5-10-18)24-15-7-3-2-6-13(14)15/h2-3,6-7,14H,4-5,8-12H2,1H3,(H,19,23)(H,21,22). The largest absolute Gasteiger partial charge is 0.487 e. The van der Waals surface area contributed by atoms with Gasteiger partial charge in [0.2, 0.25) is 0 Å². The fraction of sp³-hybridized carbons (Fsp3) is 0.556. The van der Waals surface area contributed by atoms with Gasteiger partial charge >= 0.3 is 12.0 Å². The summed E-state index contributed by atoms with van der Waals surface area (Å²) < 4.78 is 6.29. The molecule has 1 unspecified atom stereocenters. The highest BCUT2D eigenvalue weighted by atomic mass is 16.5. The van der Waals surface area contributed by atoms with Crippen LogP contribution < -0.4 is 10.1 Å². The lowest BCUT2D eigenvalue weighted by Crippen LogP contribution is -2.46. The van der Waals surface area contributed by atoms with Crippen molar-refractivity contribution in [1.29, 1.82) is 0 Å². The van der Waals surface area contributed by atoms with Crippen LogP contribution in [0.25, 0.3) is 0 Å². The van der Waals surface area contributed by atoms with Gasteiger partial charge in [-0.3, -0.25) is 4.79 Å². The molecule has 6 nitrogen and oxygen atoms in total. The number of hydrogen-bond acceptors (Lipinski definition) is 3. The Balaban J connectivity index is 1.74. The van der Waals surface area contributed by atoms with Gasteiger partial charge in [-0.1, -0.05) is 18.2 Å². The minimum atomic E-state index is -0.907. The molecule has 2 amide bonds. The molecule has 130 valence electrons. The van der Waals surface area contributed by atoms with Crippen LogP contribution in [-0.4, -0.2) is 41.2 Å². The van der Waals surface area contributed by atoms with Gasteiger partial charge < -0.3 is 20.1 Å². The van der Waals surface area contributed by atoms with Gasteiger partial charge in [0, 0.05) is 25.6 Å². The number of para-hydroxylation sites is 1. The van der Waals surface area contributed by atoms with Gasteiger partial charge in [-0.05, 0) is 31.7 Å². The van der Waals surface area contributed by atoms with E-state index in [4.69, 9.17) is 9.84 Å². The van der Waals surface area contributed by atoms with Crippen molar-refractivity contribution in [3.8, 4) is 5.75 Å². The number of carbonyl (C=O) groups is 2. The maximum Gasteiger partial charge on any atom is 0.317 e. The monoisotopic (exact) mass is 332 g/mol. The van der Waals surface area contributed by atoms with Crippen molar-refractivity contribution in [3.05, 3.63) is 29.8 Å². The quantitative estimate of drug-likeness (QED) is 0.888. The second-order valence-corrected chi connectivity index (χ2v) is 6.80. The summed E-state index contributed by atoms with van der Waals surface area (Å²) in [4.78, 5) is 24.5. The summed E-state index contributed by atoms with van der Waals surface area (Å²) in [5, 5.41) is 11.8. The van der Waals surface area contributed by atoms with Crippen LogP contribution in [0, 0.1) is 0 Å². The molecule has 3 rings (SSSR count). The van der Waals surface area contributed by atoms with E-state index in [-0.39, 0.29) is 30.6 Å². The zero-order chi connectivity index (χ0) is 17.2. The zero-order valence-corrected chi connectivity index (χ0v) is 14.0. The Morgan fingerprint density at radius 3 is 2.75 bits per heavy atom. The van der Waals surface area contributed by atoms with Crippen molar-refractivity contribution in [1.82, 2.24) is 10.2 Å². The van der Waals surface area contributed by atoms with Gasteiger partial charge in [0.1, 0.15) is 11.4 Å². The van der Waals surface area contributed by atoms with Crippen molar-refractivity contribution < 1.29 is 19.4 Å². The average Bonchev–Trinajstić information content (AvgIpc) is 3.00. The lowest BCUT2D eigenvalue weighted by atomic mass is 9.86. The molecular weight excluding hydrogens is 308 g/mol. The highest BCUT2D eigenvalue weighted by Crippen LogP contribution is 2.46. The maximum atomic E-state index is 12.4. The zero-order valence-electron chi connectivity index (χ0n) is 14.0. The number of fused-ring (bicyclic) bond motifs is 1. The number of nitrogens with one attached hydrogen (secondary N) is 1. The molecule has 2 aliphatic rings. The molecule has 6 heteroatoms. The van der Waals surface area contributed by atoms with E-state index in [1.165, 1.54) is 4.90 Å². The number of hydrogen-bond donors (Lipinski definition) is 2. The number of rotatable bonds is 4. The van der Waals surface area contributed by atoms with Gasteiger partial charge in [0.25, 0.3) is 0 Å². The summed E-state index contributed by atoms with van der Waals surface area (Å²) in [7, 11) is 1.62. The second-order valence-electron chi connectivity index (χ2n) is 6.80. The van der Waals surface area contributed by atoms with Crippen molar-refractivity contribution in [3.63, 3.8) is 0 Å². The normalized spacial score (nSPS) is 21.0. The van der Waals surface area contributed by atoms with Gasteiger partial charge in [-0.2, -0.15) is 0 Å². The first-order valence-corrected chi connectivity index (χ1v) is 8.50. The number of carbonyl (C=O) groups excluding carboxylic acids is 1. The third kappa shape index (κ3) is 3.47. The SMILES string of the molecule is CN(CCC(=O)O)C(=O)NC1CC2(CCCC2)Oc2ccccc21. The van der Waals surface area contributed by atoms with E-state index in [1.54, 1.807) is 7.05 Å². The molecule has 1 heterocycles. The van der Waals surface area contributed by atoms with E-state index in [9.17, 15) is 9.59 Å². The molecular formula is C18H24N2O4. The van der Waals surface area contributed by atoms with E-state index in [0.29, 0.717) is 0 Å². The smallest absolute Gasteiger partial charge is 0.317 e. The number of aliphatic carboxylic acids is 1. The minimum absolute atomic E-state index is 0.0573. The minimum Gasteiger partial charge on any atom is -0.487 e. The number of amides is 2. The first-order valence-electron chi connectivity index (χ1n) is 8.50. The molecule has 1 aliphatic carbocycles. The van der Waals surface area contributed by atoms with Crippen LogP contribution in [0.3, 0.4) is 0 Å². The lowest BCUT2D eigenvalue weighted by Gasteiger charge is -2.40. The Kier molecular flexibility index (Phi) is 4.64. The average molecular weight is 332 g/mol. The van der Waals surface area contributed by atoms with E-state index in [0.717, 1.165) is 43.4 Å². The first-order chi connectivity index (χ1) is 11.5. The highest BCUT2D eigenvalue weighted by molar-refractivity contribution is 5.75. The van der Waals surface area contributed by atoms with Crippen LogP contribution in [0.5, 0.6) is 5.75 Å². The Hall–Kier alpha value is -2.24. The van der Waals surface area contributed by atoms with Crippen LogP contribution in [0.15, 0.2) is 24.3 Å². The molecule has 1 fully saturated rings. The number of ether oxygens (including phenoxy) is 1. The molecule has 24 heavy (non-hydrogen) atoms. The molecule has 1 saturated carbocycles. The molecule has 1 aromatic carbocycles. The fourth-order valence-electron chi connectivity index (χ4n) is 3.70. The van der Waals surface area contributed by atoms with E-state index < -0.39 is 5.97 Å². The summed E-state index contributed by atoms with van der Waals surface area (Å²) in [6.45, 7) is 0.192. The van der Waals surface area contributed by atoms with E-state index >= 15 is 0 Å². The summed E-state index contributed by atoms with van der Waals surface area (Å²) in [5.41, 5.74) is 0.821. The fourth-order valence-corrected chi connectivity index (χ4v) is 3.70. The van der Waals surface area contributed by atoms with Gasteiger partial charge in [-0.25, -0.2) is 4.79 Å². The van der Waals surface area contributed by atoms with Crippen LogP contribution in [-0.2, 0) is 4.79 Å². The Labute approximate surface area is 141 Å². The predicted octanol–water partition coefficient (Wildman–Crippen LogP) is 2.94.